The normalized spacial score (nSPS) is 10.1. The Morgan fingerprint density at radius 3 is 2.59 bits per heavy atom. The minimum absolute atomic E-state index is 0.153. The van der Waals surface area contributed by atoms with Crippen LogP contribution in [0.2, 0.25) is 0 Å². The molecule has 0 aromatic heterocycles. The molecule has 6 nitrogen and oxygen atoms in total. The van der Waals surface area contributed by atoms with Crippen LogP contribution in [0.3, 0.4) is 0 Å². The Bertz CT molecular complexity index is 733. The predicted octanol–water partition coefficient (Wildman–Crippen LogP) is 3.64. The van der Waals surface area contributed by atoms with Crippen molar-refractivity contribution in [3.8, 4) is 5.75 Å². The number of rotatable bonds is 4. The van der Waals surface area contributed by atoms with E-state index in [1.54, 1.807) is 31.3 Å². The Balaban J connectivity index is 2.39. The van der Waals surface area contributed by atoms with Crippen LogP contribution >= 0.6 is 15.9 Å². The zero-order chi connectivity index (χ0) is 16.3. The van der Waals surface area contributed by atoms with Crippen LogP contribution in [0.5, 0.6) is 5.75 Å². The molecule has 0 aliphatic carbocycles. The minimum atomic E-state index is -0.538. The number of methoxy groups -OCH3 is 1. The maximum Gasteiger partial charge on any atom is 0.284 e. The molecule has 22 heavy (non-hydrogen) atoms. The van der Waals surface area contributed by atoms with Crippen LogP contribution in [0.25, 0.3) is 0 Å². The third-order valence-electron chi connectivity index (χ3n) is 3.14. The Morgan fingerprint density at radius 1 is 1.27 bits per heavy atom. The van der Waals surface area contributed by atoms with E-state index in [-0.39, 0.29) is 17.2 Å². The number of anilines is 1. The first-order chi connectivity index (χ1) is 10.5. The van der Waals surface area contributed by atoms with Gasteiger partial charge in [0, 0.05) is 18.7 Å². The third-order valence-corrected chi connectivity index (χ3v) is 3.81. The smallest absolute Gasteiger partial charge is 0.284 e. The topological polar surface area (TPSA) is 72.7 Å². The number of carbonyl (C=O) groups is 1. The van der Waals surface area contributed by atoms with Crippen LogP contribution in [0.1, 0.15) is 10.4 Å². The average Bonchev–Trinajstić information content (AvgIpc) is 2.53. The number of nitrogens with zero attached hydrogens (tertiary/aromatic N) is 2. The van der Waals surface area contributed by atoms with Crippen molar-refractivity contribution in [2.75, 3.05) is 19.1 Å². The first-order valence-electron chi connectivity index (χ1n) is 6.30. The van der Waals surface area contributed by atoms with Gasteiger partial charge in [0.25, 0.3) is 11.6 Å². The van der Waals surface area contributed by atoms with Crippen molar-refractivity contribution in [2.24, 2.45) is 0 Å². The van der Waals surface area contributed by atoms with Crippen molar-refractivity contribution in [1.29, 1.82) is 0 Å². The van der Waals surface area contributed by atoms with Gasteiger partial charge in [-0.1, -0.05) is 12.1 Å². The van der Waals surface area contributed by atoms with Crippen molar-refractivity contribution in [2.45, 2.75) is 0 Å². The van der Waals surface area contributed by atoms with Gasteiger partial charge >= 0.3 is 0 Å². The summed E-state index contributed by atoms with van der Waals surface area (Å²) in [5, 5.41) is 11.0. The molecule has 0 heterocycles. The van der Waals surface area contributed by atoms with Gasteiger partial charge in [-0.15, -0.1) is 0 Å². The van der Waals surface area contributed by atoms with E-state index in [9.17, 15) is 14.9 Å². The quantitative estimate of drug-likeness (QED) is 0.613. The fourth-order valence-electron chi connectivity index (χ4n) is 2.00. The van der Waals surface area contributed by atoms with Crippen LogP contribution in [-0.2, 0) is 0 Å². The second kappa shape index (κ2) is 6.57. The maximum absolute atomic E-state index is 12.5. The number of carbonyl (C=O) groups excluding carboxylic acids is 1. The first kappa shape index (κ1) is 16.0. The van der Waals surface area contributed by atoms with Crippen LogP contribution in [0, 0.1) is 10.1 Å². The lowest BCUT2D eigenvalue weighted by Gasteiger charge is -2.20. The van der Waals surface area contributed by atoms with E-state index in [1.807, 2.05) is 0 Å². The first-order valence-corrected chi connectivity index (χ1v) is 7.10. The van der Waals surface area contributed by atoms with Gasteiger partial charge in [-0.25, -0.2) is 0 Å². The average molecular weight is 365 g/mol. The highest BCUT2D eigenvalue weighted by Gasteiger charge is 2.20. The second-order valence-corrected chi connectivity index (χ2v) is 5.31. The van der Waals surface area contributed by atoms with Crippen LogP contribution in [-0.4, -0.2) is 25.0 Å². The molecule has 0 aliphatic heterocycles. The van der Waals surface area contributed by atoms with Gasteiger partial charge in [0.1, 0.15) is 5.75 Å². The van der Waals surface area contributed by atoms with Gasteiger partial charge in [0.15, 0.2) is 0 Å². The SMILES string of the molecule is COc1ccccc1N(C)C(=O)c1ccc(Br)c([N+](=O)[O-])c1. The van der Waals surface area contributed by atoms with Gasteiger partial charge in [-0.3, -0.25) is 14.9 Å². The summed E-state index contributed by atoms with van der Waals surface area (Å²) in [5.41, 5.74) is 0.656. The van der Waals surface area contributed by atoms with Gasteiger partial charge in [0.2, 0.25) is 0 Å². The highest BCUT2D eigenvalue weighted by atomic mass is 79.9. The van der Waals surface area contributed by atoms with Gasteiger partial charge in [-0.05, 0) is 40.2 Å². The van der Waals surface area contributed by atoms with E-state index in [0.29, 0.717) is 15.9 Å². The molecule has 0 spiro atoms. The predicted molar refractivity (Wildman–Crippen MR) is 86.5 cm³/mol. The summed E-state index contributed by atoms with van der Waals surface area (Å²) in [6.45, 7) is 0. The van der Waals surface area contributed by atoms with E-state index in [0.717, 1.165) is 0 Å². The Labute approximate surface area is 135 Å². The summed E-state index contributed by atoms with van der Waals surface area (Å²) in [7, 11) is 3.11. The summed E-state index contributed by atoms with van der Waals surface area (Å²) in [6, 6.07) is 11.3. The molecule has 1 amide bonds. The highest BCUT2D eigenvalue weighted by Crippen LogP contribution is 2.30. The number of halogens is 1. The van der Waals surface area contributed by atoms with E-state index in [4.69, 9.17) is 4.74 Å². The van der Waals surface area contributed by atoms with Crippen LogP contribution < -0.4 is 9.64 Å². The number of benzene rings is 2. The molecule has 114 valence electrons. The minimum Gasteiger partial charge on any atom is -0.495 e. The summed E-state index contributed by atoms with van der Waals surface area (Å²) in [5.74, 6) is 0.185. The number of nitro groups is 1. The molecule has 0 saturated heterocycles. The number of nitro benzene ring substituents is 1. The van der Waals surface area contributed by atoms with Crippen molar-refractivity contribution in [3.05, 3.63) is 62.6 Å². The van der Waals surface area contributed by atoms with E-state index in [2.05, 4.69) is 15.9 Å². The molecule has 2 rings (SSSR count). The lowest BCUT2D eigenvalue weighted by molar-refractivity contribution is -0.385. The van der Waals surface area contributed by atoms with Gasteiger partial charge in [-0.2, -0.15) is 0 Å². The van der Waals surface area contributed by atoms with Gasteiger partial charge in [0.05, 0.1) is 22.2 Å². The highest BCUT2D eigenvalue weighted by molar-refractivity contribution is 9.10. The molecular formula is C15H13BrN2O4. The summed E-state index contributed by atoms with van der Waals surface area (Å²) in [4.78, 5) is 24.4. The number of hydrogen-bond acceptors (Lipinski definition) is 4. The summed E-state index contributed by atoms with van der Waals surface area (Å²) < 4.78 is 5.55. The standard InChI is InChI=1S/C15H13BrN2O4/c1-17(12-5-3-4-6-14(12)22-2)15(19)10-7-8-11(16)13(9-10)18(20)21/h3-9H,1-2H3. The molecule has 0 atom stereocenters. The summed E-state index contributed by atoms with van der Waals surface area (Å²) in [6.07, 6.45) is 0. The number of ether oxygens (including phenoxy) is 1. The largest absolute Gasteiger partial charge is 0.495 e. The second-order valence-electron chi connectivity index (χ2n) is 4.46. The lowest BCUT2D eigenvalue weighted by Crippen LogP contribution is -2.26. The van der Waals surface area contributed by atoms with Gasteiger partial charge < -0.3 is 9.64 Å². The molecule has 0 radical (unpaired) electrons. The van der Waals surface area contributed by atoms with Crippen molar-refractivity contribution in [1.82, 2.24) is 0 Å². The Kier molecular flexibility index (Phi) is 4.77. The fourth-order valence-corrected chi connectivity index (χ4v) is 2.39. The Morgan fingerprint density at radius 2 is 1.95 bits per heavy atom. The van der Waals surface area contributed by atoms with Crippen molar-refractivity contribution < 1.29 is 14.5 Å². The molecule has 0 saturated carbocycles. The molecule has 2 aromatic rings. The molecule has 2 aromatic carbocycles. The molecule has 0 fully saturated rings. The molecule has 0 N–H and O–H groups in total. The zero-order valence-electron chi connectivity index (χ0n) is 11.9. The maximum atomic E-state index is 12.5. The fraction of sp³-hybridized carbons (Fsp3) is 0.133. The monoisotopic (exact) mass is 364 g/mol. The van der Waals surface area contributed by atoms with E-state index in [1.165, 1.54) is 30.2 Å². The van der Waals surface area contributed by atoms with Crippen molar-refractivity contribution in [3.63, 3.8) is 0 Å². The van der Waals surface area contributed by atoms with Crippen LogP contribution in [0.15, 0.2) is 46.9 Å². The molecular weight excluding hydrogens is 352 g/mol. The van der Waals surface area contributed by atoms with Crippen molar-refractivity contribution >= 4 is 33.2 Å². The summed E-state index contributed by atoms with van der Waals surface area (Å²) >= 11 is 3.10. The van der Waals surface area contributed by atoms with E-state index >= 15 is 0 Å². The molecule has 0 aliphatic rings. The number of amides is 1. The Hall–Kier alpha value is -2.41. The van der Waals surface area contributed by atoms with E-state index < -0.39 is 4.92 Å². The van der Waals surface area contributed by atoms with Crippen LogP contribution in [0.4, 0.5) is 11.4 Å². The third kappa shape index (κ3) is 3.09. The molecule has 7 heteroatoms. The molecule has 0 bridgehead atoms. The lowest BCUT2D eigenvalue weighted by atomic mass is 10.1. The number of hydrogen-bond donors (Lipinski definition) is 0. The number of para-hydroxylation sites is 2. The molecule has 0 unspecified atom stereocenters. The zero-order valence-corrected chi connectivity index (χ0v) is 13.5.